The van der Waals surface area contributed by atoms with Gasteiger partial charge in [-0.05, 0) is 41.2 Å². The highest BCUT2D eigenvalue weighted by atomic mass is 15.0. The van der Waals surface area contributed by atoms with Crippen LogP contribution in [-0.4, -0.2) is 16.5 Å². The molecule has 0 aliphatic carbocycles. The Morgan fingerprint density at radius 1 is 1.05 bits per heavy atom. The van der Waals surface area contributed by atoms with Gasteiger partial charge >= 0.3 is 0 Å². The lowest BCUT2D eigenvalue weighted by Crippen LogP contribution is -2.12. The zero-order valence-electron chi connectivity index (χ0n) is 11.9. The number of aromatic nitrogens is 2. The zero-order chi connectivity index (χ0) is 13.7. The predicted octanol–water partition coefficient (Wildman–Crippen LogP) is 3.43. The lowest BCUT2D eigenvalue weighted by Gasteiger charge is -2.18. The minimum absolute atomic E-state index is 0.155. The minimum atomic E-state index is 0.155. The molecule has 3 nitrogen and oxygen atoms in total. The van der Waals surface area contributed by atoms with Crippen LogP contribution in [-0.2, 0) is 11.8 Å². The van der Waals surface area contributed by atoms with Crippen LogP contribution in [0.4, 0.5) is 5.82 Å². The average Bonchev–Trinajstić information content (AvgIpc) is 2.39. The van der Waals surface area contributed by atoms with Crippen molar-refractivity contribution in [2.75, 3.05) is 11.9 Å². The number of pyridine rings is 2. The standard InChI is InChI=1S/C16H21N3/c1-16(2,3)14-4-5-15(19-12-14)18-11-8-13-6-9-17-10-7-13/h4-7,9-10,12H,8,11H2,1-3H3,(H,18,19). The molecule has 2 heterocycles. The van der Waals surface area contributed by atoms with E-state index in [2.05, 4.69) is 42.1 Å². The fourth-order valence-electron chi connectivity index (χ4n) is 1.83. The van der Waals surface area contributed by atoms with E-state index in [4.69, 9.17) is 0 Å². The Morgan fingerprint density at radius 3 is 2.37 bits per heavy atom. The van der Waals surface area contributed by atoms with Gasteiger partial charge in [-0.3, -0.25) is 4.98 Å². The minimum Gasteiger partial charge on any atom is -0.370 e. The molecule has 0 aromatic carbocycles. The van der Waals surface area contributed by atoms with Crippen molar-refractivity contribution in [2.24, 2.45) is 0 Å². The van der Waals surface area contributed by atoms with Crippen molar-refractivity contribution in [3.8, 4) is 0 Å². The molecule has 0 spiro atoms. The lowest BCUT2D eigenvalue weighted by molar-refractivity contribution is 0.587. The molecule has 0 amide bonds. The van der Waals surface area contributed by atoms with E-state index in [1.807, 2.05) is 36.8 Å². The van der Waals surface area contributed by atoms with E-state index in [1.54, 1.807) is 0 Å². The number of nitrogens with zero attached hydrogens (tertiary/aromatic N) is 2. The van der Waals surface area contributed by atoms with E-state index in [1.165, 1.54) is 11.1 Å². The SMILES string of the molecule is CC(C)(C)c1ccc(NCCc2ccncc2)nc1. The van der Waals surface area contributed by atoms with E-state index in [-0.39, 0.29) is 5.41 Å². The van der Waals surface area contributed by atoms with Crippen LogP contribution in [0.2, 0.25) is 0 Å². The Labute approximate surface area is 115 Å². The van der Waals surface area contributed by atoms with Crippen LogP contribution < -0.4 is 5.32 Å². The summed E-state index contributed by atoms with van der Waals surface area (Å²) < 4.78 is 0. The molecule has 0 saturated carbocycles. The second kappa shape index (κ2) is 5.83. The molecule has 0 aliphatic heterocycles. The number of rotatable bonds is 4. The van der Waals surface area contributed by atoms with Gasteiger partial charge in [0.1, 0.15) is 5.82 Å². The summed E-state index contributed by atoms with van der Waals surface area (Å²) in [5, 5.41) is 3.34. The van der Waals surface area contributed by atoms with Crippen molar-refractivity contribution in [2.45, 2.75) is 32.6 Å². The van der Waals surface area contributed by atoms with Gasteiger partial charge in [-0.2, -0.15) is 0 Å². The van der Waals surface area contributed by atoms with Crippen LogP contribution in [0.5, 0.6) is 0 Å². The summed E-state index contributed by atoms with van der Waals surface area (Å²) in [5.74, 6) is 0.932. The van der Waals surface area contributed by atoms with Crippen LogP contribution in [0.15, 0.2) is 42.9 Å². The summed E-state index contributed by atoms with van der Waals surface area (Å²) >= 11 is 0. The molecule has 0 bridgehead atoms. The molecule has 0 saturated heterocycles. The fourth-order valence-corrected chi connectivity index (χ4v) is 1.83. The number of hydrogen-bond acceptors (Lipinski definition) is 3. The third kappa shape index (κ3) is 4.05. The van der Waals surface area contributed by atoms with Gasteiger partial charge in [0.05, 0.1) is 0 Å². The van der Waals surface area contributed by atoms with Gasteiger partial charge in [0.2, 0.25) is 0 Å². The summed E-state index contributed by atoms with van der Waals surface area (Å²) in [6.45, 7) is 7.47. The Balaban J connectivity index is 1.87. The topological polar surface area (TPSA) is 37.8 Å². The molecule has 0 fully saturated rings. The monoisotopic (exact) mass is 255 g/mol. The van der Waals surface area contributed by atoms with Crippen molar-refractivity contribution in [3.05, 3.63) is 54.0 Å². The second-order valence-corrected chi connectivity index (χ2v) is 5.71. The molecule has 3 heteroatoms. The van der Waals surface area contributed by atoms with Crippen molar-refractivity contribution in [3.63, 3.8) is 0 Å². The Hall–Kier alpha value is -1.90. The first-order valence-corrected chi connectivity index (χ1v) is 6.65. The molecule has 19 heavy (non-hydrogen) atoms. The summed E-state index contributed by atoms with van der Waals surface area (Å²) in [4.78, 5) is 8.46. The van der Waals surface area contributed by atoms with Crippen LogP contribution in [0.25, 0.3) is 0 Å². The number of nitrogens with one attached hydrogen (secondary N) is 1. The van der Waals surface area contributed by atoms with E-state index in [0.29, 0.717) is 0 Å². The average molecular weight is 255 g/mol. The highest BCUT2D eigenvalue weighted by Crippen LogP contribution is 2.21. The van der Waals surface area contributed by atoms with Gasteiger partial charge in [0, 0.05) is 25.1 Å². The van der Waals surface area contributed by atoms with Crippen molar-refractivity contribution >= 4 is 5.82 Å². The van der Waals surface area contributed by atoms with Gasteiger partial charge in [-0.1, -0.05) is 26.8 Å². The van der Waals surface area contributed by atoms with Gasteiger partial charge < -0.3 is 5.32 Å². The van der Waals surface area contributed by atoms with E-state index < -0.39 is 0 Å². The highest BCUT2D eigenvalue weighted by Gasteiger charge is 2.13. The zero-order valence-corrected chi connectivity index (χ0v) is 11.9. The smallest absolute Gasteiger partial charge is 0.125 e. The molecule has 2 aromatic heterocycles. The molecular formula is C16H21N3. The third-order valence-corrected chi connectivity index (χ3v) is 3.10. The maximum Gasteiger partial charge on any atom is 0.125 e. The molecule has 1 N–H and O–H groups in total. The summed E-state index contributed by atoms with van der Waals surface area (Å²) in [5.41, 5.74) is 2.70. The maximum absolute atomic E-state index is 4.45. The van der Waals surface area contributed by atoms with Gasteiger partial charge in [-0.25, -0.2) is 4.98 Å². The predicted molar refractivity (Wildman–Crippen MR) is 79.4 cm³/mol. The largest absolute Gasteiger partial charge is 0.370 e. The molecular weight excluding hydrogens is 234 g/mol. The molecule has 100 valence electrons. The third-order valence-electron chi connectivity index (χ3n) is 3.10. The molecule has 0 radical (unpaired) electrons. The Bertz CT molecular complexity index is 498. The normalized spacial score (nSPS) is 11.3. The van der Waals surface area contributed by atoms with E-state index in [9.17, 15) is 0 Å². The summed E-state index contributed by atoms with van der Waals surface area (Å²) in [6.07, 6.45) is 6.58. The summed E-state index contributed by atoms with van der Waals surface area (Å²) in [6, 6.07) is 8.27. The number of anilines is 1. The van der Waals surface area contributed by atoms with Crippen LogP contribution in [0, 0.1) is 0 Å². The molecule has 0 atom stereocenters. The fraction of sp³-hybridized carbons (Fsp3) is 0.375. The molecule has 2 rings (SSSR count). The van der Waals surface area contributed by atoms with Gasteiger partial charge in [0.25, 0.3) is 0 Å². The molecule has 0 aliphatic rings. The van der Waals surface area contributed by atoms with Crippen molar-refractivity contribution < 1.29 is 0 Å². The first kappa shape index (κ1) is 13.5. The molecule has 0 unspecified atom stereocenters. The first-order chi connectivity index (χ1) is 9.05. The highest BCUT2D eigenvalue weighted by molar-refractivity contribution is 5.37. The summed E-state index contributed by atoms with van der Waals surface area (Å²) in [7, 11) is 0. The van der Waals surface area contributed by atoms with Gasteiger partial charge in [-0.15, -0.1) is 0 Å². The first-order valence-electron chi connectivity index (χ1n) is 6.65. The van der Waals surface area contributed by atoms with Crippen molar-refractivity contribution in [1.29, 1.82) is 0 Å². The lowest BCUT2D eigenvalue weighted by atomic mass is 9.88. The number of hydrogen-bond donors (Lipinski definition) is 1. The van der Waals surface area contributed by atoms with Gasteiger partial charge in [0.15, 0.2) is 0 Å². The molecule has 2 aromatic rings. The Morgan fingerprint density at radius 2 is 1.79 bits per heavy atom. The van der Waals surface area contributed by atoms with Crippen LogP contribution in [0.1, 0.15) is 31.9 Å². The van der Waals surface area contributed by atoms with Crippen LogP contribution >= 0.6 is 0 Å². The second-order valence-electron chi connectivity index (χ2n) is 5.71. The van der Waals surface area contributed by atoms with E-state index in [0.717, 1.165) is 18.8 Å². The van der Waals surface area contributed by atoms with Crippen molar-refractivity contribution in [1.82, 2.24) is 9.97 Å². The Kier molecular flexibility index (Phi) is 4.15. The van der Waals surface area contributed by atoms with E-state index >= 15 is 0 Å². The maximum atomic E-state index is 4.45. The quantitative estimate of drug-likeness (QED) is 0.909. The van der Waals surface area contributed by atoms with Crippen LogP contribution in [0.3, 0.4) is 0 Å².